The van der Waals surface area contributed by atoms with Crippen LogP contribution in [0.4, 0.5) is 4.79 Å². The fourth-order valence-corrected chi connectivity index (χ4v) is 1.58. The van der Waals surface area contributed by atoms with Crippen molar-refractivity contribution in [1.82, 2.24) is 10.2 Å². The third-order valence-corrected chi connectivity index (χ3v) is 2.95. The molecule has 0 saturated heterocycles. The zero-order valence-corrected chi connectivity index (χ0v) is 9.69. The minimum absolute atomic E-state index is 0.0473. The van der Waals surface area contributed by atoms with Gasteiger partial charge in [-0.1, -0.05) is 6.08 Å². The Kier molecular flexibility index (Phi) is 3.57. The average molecular weight is 226 g/mol. The molecular weight excluding hydrogens is 208 g/mol. The molecule has 1 unspecified atom stereocenters. The molecule has 0 aromatic rings. The molecule has 2 amide bonds. The molecule has 16 heavy (non-hydrogen) atoms. The molecule has 1 aliphatic rings. The van der Waals surface area contributed by atoms with E-state index in [1.54, 1.807) is 20.0 Å². The molecule has 1 atom stereocenters. The fourth-order valence-electron chi connectivity index (χ4n) is 1.58. The van der Waals surface area contributed by atoms with Gasteiger partial charge in [-0.2, -0.15) is 0 Å². The van der Waals surface area contributed by atoms with Crippen LogP contribution in [0.15, 0.2) is 12.7 Å². The van der Waals surface area contributed by atoms with Crippen molar-refractivity contribution in [1.29, 1.82) is 0 Å². The fraction of sp³-hybridized carbons (Fsp3) is 0.636. The number of nitrogens with one attached hydrogen (secondary N) is 1. The summed E-state index contributed by atoms with van der Waals surface area (Å²) in [6.45, 7) is 5.48. The van der Waals surface area contributed by atoms with Crippen molar-refractivity contribution >= 4 is 12.0 Å². The summed E-state index contributed by atoms with van der Waals surface area (Å²) < 4.78 is 0. The Balaban J connectivity index is 2.65. The Morgan fingerprint density at radius 1 is 1.62 bits per heavy atom. The molecule has 5 heteroatoms. The Morgan fingerprint density at radius 3 is 2.56 bits per heavy atom. The summed E-state index contributed by atoms with van der Waals surface area (Å²) in [6, 6.07) is -0.378. The molecule has 90 valence electrons. The van der Waals surface area contributed by atoms with E-state index in [0.29, 0.717) is 6.54 Å². The number of rotatable bonds is 5. The molecule has 1 aliphatic carbocycles. The normalized spacial score (nSPS) is 18.4. The SMILES string of the molecule is C=CCN(C)C(=O)NC(C)(C(=O)O)C1CC1. The van der Waals surface area contributed by atoms with E-state index in [-0.39, 0.29) is 11.9 Å². The van der Waals surface area contributed by atoms with Crippen LogP contribution in [0.5, 0.6) is 0 Å². The van der Waals surface area contributed by atoms with Crippen LogP contribution in [0, 0.1) is 5.92 Å². The van der Waals surface area contributed by atoms with Gasteiger partial charge in [0.2, 0.25) is 0 Å². The van der Waals surface area contributed by atoms with Gasteiger partial charge in [0, 0.05) is 13.6 Å². The van der Waals surface area contributed by atoms with Crippen LogP contribution in [0.3, 0.4) is 0 Å². The van der Waals surface area contributed by atoms with E-state index < -0.39 is 11.5 Å². The monoisotopic (exact) mass is 226 g/mol. The summed E-state index contributed by atoms with van der Waals surface area (Å²) in [5.74, 6) is -0.929. The van der Waals surface area contributed by atoms with Crippen LogP contribution >= 0.6 is 0 Å². The first-order valence-corrected chi connectivity index (χ1v) is 5.29. The molecule has 0 radical (unpaired) electrons. The minimum atomic E-state index is -1.15. The van der Waals surface area contributed by atoms with Gasteiger partial charge in [0.15, 0.2) is 0 Å². The molecule has 0 aromatic heterocycles. The zero-order valence-electron chi connectivity index (χ0n) is 9.69. The summed E-state index contributed by atoms with van der Waals surface area (Å²) in [6.07, 6.45) is 3.30. The van der Waals surface area contributed by atoms with E-state index in [9.17, 15) is 9.59 Å². The maximum absolute atomic E-state index is 11.7. The summed E-state index contributed by atoms with van der Waals surface area (Å²) in [5.41, 5.74) is -1.15. The third-order valence-electron chi connectivity index (χ3n) is 2.95. The lowest BCUT2D eigenvalue weighted by atomic mass is 9.96. The number of hydrogen-bond donors (Lipinski definition) is 2. The topological polar surface area (TPSA) is 69.6 Å². The van der Waals surface area contributed by atoms with Crippen molar-refractivity contribution in [3.63, 3.8) is 0 Å². The first-order chi connectivity index (χ1) is 7.41. The lowest BCUT2D eigenvalue weighted by molar-refractivity contribution is -0.144. The van der Waals surface area contributed by atoms with Crippen LogP contribution in [-0.2, 0) is 4.79 Å². The lowest BCUT2D eigenvalue weighted by Crippen LogP contribution is -2.56. The maximum Gasteiger partial charge on any atom is 0.329 e. The molecule has 2 N–H and O–H groups in total. The highest BCUT2D eigenvalue weighted by atomic mass is 16.4. The van der Waals surface area contributed by atoms with Gasteiger partial charge in [0.1, 0.15) is 5.54 Å². The Labute approximate surface area is 95.1 Å². The van der Waals surface area contributed by atoms with Crippen LogP contribution in [0.2, 0.25) is 0 Å². The number of nitrogens with zero attached hydrogens (tertiary/aromatic N) is 1. The van der Waals surface area contributed by atoms with Crippen LogP contribution in [0.1, 0.15) is 19.8 Å². The number of aliphatic carboxylic acids is 1. The predicted molar refractivity (Wildman–Crippen MR) is 60.1 cm³/mol. The second kappa shape index (κ2) is 4.55. The molecule has 0 bridgehead atoms. The predicted octanol–water partition coefficient (Wildman–Crippen LogP) is 1.07. The van der Waals surface area contributed by atoms with Crippen molar-refractivity contribution in [3.05, 3.63) is 12.7 Å². The van der Waals surface area contributed by atoms with Crippen molar-refractivity contribution in [2.75, 3.05) is 13.6 Å². The quantitative estimate of drug-likeness (QED) is 0.689. The summed E-state index contributed by atoms with van der Waals surface area (Å²) in [4.78, 5) is 24.3. The minimum Gasteiger partial charge on any atom is -0.480 e. The van der Waals surface area contributed by atoms with E-state index in [4.69, 9.17) is 5.11 Å². The van der Waals surface area contributed by atoms with E-state index >= 15 is 0 Å². The largest absolute Gasteiger partial charge is 0.480 e. The van der Waals surface area contributed by atoms with Gasteiger partial charge >= 0.3 is 12.0 Å². The number of urea groups is 1. The van der Waals surface area contributed by atoms with Crippen molar-refractivity contribution < 1.29 is 14.7 Å². The number of carbonyl (C=O) groups excluding carboxylic acids is 1. The van der Waals surface area contributed by atoms with Crippen LogP contribution in [0.25, 0.3) is 0 Å². The van der Waals surface area contributed by atoms with Crippen molar-refractivity contribution in [2.24, 2.45) is 5.92 Å². The molecule has 0 heterocycles. The van der Waals surface area contributed by atoms with Crippen molar-refractivity contribution in [2.45, 2.75) is 25.3 Å². The molecule has 1 rings (SSSR count). The molecule has 0 aliphatic heterocycles. The van der Waals surface area contributed by atoms with E-state index in [1.807, 2.05) is 0 Å². The summed E-state index contributed by atoms with van der Waals surface area (Å²) >= 11 is 0. The standard InChI is InChI=1S/C11H18N2O3/c1-4-7-13(3)10(16)12-11(2,9(14)15)8-5-6-8/h4,8H,1,5-7H2,2-3H3,(H,12,16)(H,14,15). The highest BCUT2D eigenvalue weighted by Crippen LogP contribution is 2.39. The first kappa shape index (κ1) is 12.5. The van der Waals surface area contributed by atoms with Crippen molar-refractivity contribution in [3.8, 4) is 0 Å². The van der Waals surface area contributed by atoms with Gasteiger partial charge in [0.25, 0.3) is 0 Å². The third kappa shape index (κ3) is 2.53. The number of amides is 2. The highest BCUT2D eigenvalue weighted by molar-refractivity contribution is 5.86. The highest BCUT2D eigenvalue weighted by Gasteiger charge is 2.48. The van der Waals surface area contributed by atoms with Gasteiger partial charge < -0.3 is 15.3 Å². The van der Waals surface area contributed by atoms with E-state index in [1.165, 1.54) is 4.90 Å². The van der Waals surface area contributed by atoms with Crippen LogP contribution in [-0.4, -0.2) is 41.1 Å². The molecule has 0 spiro atoms. The molecular formula is C11H18N2O3. The van der Waals surface area contributed by atoms with Gasteiger partial charge in [0.05, 0.1) is 0 Å². The number of carboxylic acids is 1. The summed E-state index contributed by atoms with van der Waals surface area (Å²) in [7, 11) is 1.60. The van der Waals surface area contributed by atoms with Crippen LogP contribution < -0.4 is 5.32 Å². The number of likely N-dealkylation sites (N-methyl/N-ethyl adjacent to an activating group) is 1. The van der Waals surface area contributed by atoms with Gasteiger partial charge in [-0.05, 0) is 25.7 Å². The second-order valence-corrected chi connectivity index (χ2v) is 4.38. The van der Waals surface area contributed by atoms with Gasteiger partial charge in [-0.3, -0.25) is 0 Å². The molecule has 1 fully saturated rings. The van der Waals surface area contributed by atoms with E-state index in [0.717, 1.165) is 12.8 Å². The zero-order chi connectivity index (χ0) is 12.3. The Hall–Kier alpha value is -1.52. The second-order valence-electron chi connectivity index (χ2n) is 4.38. The summed E-state index contributed by atoms with van der Waals surface area (Å²) in [5, 5.41) is 11.7. The number of carbonyl (C=O) groups is 2. The molecule has 5 nitrogen and oxygen atoms in total. The average Bonchev–Trinajstić information content (AvgIpc) is 3.00. The smallest absolute Gasteiger partial charge is 0.329 e. The molecule has 1 saturated carbocycles. The first-order valence-electron chi connectivity index (χ1n) is 5.29. The molecule has 0 aromatic carbocycles. The van der Waals surface area contributed by atoms with Gasteiger partial charge in [-0.15, -0.1) is 6.58 Å². The Bertz CT molecular complexity index is 312. The van der Waals surface area contributed by atoms with Gasteiger partial charge in [-0.25, -0.2) is 9.59 Å². The Morgan fingerprint density at radius 2 is 2.19 bits per heavy atom. The maximum atomic E-state index is 11.7. The van der Waals surface area contributed by atoms with E-state index in [2.05, 4.69) is 11.9 Å². The lowest BCUT2D eigenvalue weighted by Gasteiger charge is -2.28. The number of hydrogen-bond acceptors (Lipinski definition) is 2. The number of carboxylic acid groups (broad SMARTS) is 1.